The number of hydrogen-bond donors (Lipinski definition) is 2. The zero-order valence-corrected chi connectivity index (χ0v) is 20.9. The molecule has 0 spiro atoms. The van der Waals surface area contributed by atoms with Gasteiger partial charge in [0.1, 0.15) is 0 Å². The van der Waals surface area contributed by atoms with E-state index in [0.717, 1.165) is 49.0 Å². The molecule has 8 nitrogen and oxygen atoms in total. The lowest BCUT2D eigenvalue weighted by Gasteiger charge is -2.30. The van der Waals surface area contributed by atoms with Crippen molar-refractivity contribution in [2.45, 2.75) is 17.7 Å². The van der Waals surface area contributed by atoms with E-state index in [2.05, 4.69) is 26.0 Å². The molecule has 34 heavy (non-hydrogen) atoms. The summed E-state index contributed by atoms with van der Waals surface area (Å²) in [6.07, 6.45) is 2.92. The van der Waals surface area contributed by atoms with Crippen LogP contribution in [0.4, 0.5) is 16.5 Å². The summed E-state index contributed by atoms with van der Waals surface area (Å²) in [4.78, 5) is 19.7. The van der Waals surface area contributed by atoms with Gasteiger partial charge in [0.25, 0.3) is 10.0 Å². The van der Waals surface area contributed by atoms with Gasteiger partial charge in [0.15, 0.2) is 5.13 Å². The van der Waals surface area contributed by atoms with Crippen molar-refractivity contribution in [1.29, 1.82) is 0 Å². The molecule has 1 amide bonds. The van der Waals surface area contributed by atoms with Crippen LogP contribution in [0.5, 0.6) is 0 Å². The highest BCUT2D eigenvalue weighted by atomic mass is 35.5. The minimum Gasteiger partial charge on any atom is -0.368 e. The fourth-order valence-corrected chi connectivity index (χ4v) is 5.83. The molecule has 5 rings (SSSR count). The SMILES string of the molecule is Clc1ccccc1N1CCNCC1.O=C1CCCN1c1ccc(S(=O)(=O)Nc2nccs2)cc1.[HH].[HH]. The summed E-state index contributed by atoms with van der Waals surface area (Å²) >= 11 is 7.31. The first-order chi connectivity index (χ1) is 16.4. The number of hydrogen-bond acceptors (Lipinski definition) is 7. The standard InChI is InChI=1S/C13H13N3O3S2.C10H13ClN2.2H2/c17-12-2-1-8-16(12)10-3-5-11(6-4-10)21(18,19)15-13-14-7-9-20-13;11-9-3-1-2-4-10(9)13-7-5-12-6-8-13;;/h3-7,9H,1-2,8H2,(H,14,15);1-4,12H,5-8H2;2*1H. The third-order valence-electron chi connectivity index (χ3n) is 5.50. The lowest BCUT2D eigenvalue weighted by atomic mass is 10.2. The van der Waals surface area contributed by atoms with Gasteiger partial charge in [-0.15, -0.1) is 11.3 Å². The summed E-state index contributed by atoms with van der Waals surface area (Å²) in [7, 11) is -3.64. The highest BCUT2D eigenvalue weighted by Crippen LogP contribution is 2.25. The molecule has 1 aromatic heterocycles. The van der Waals surface area contributed by atoms with Crippen molar-refractivity contribution in [3.8, 4) is 0 Å². The summed E-state index contributed by atoms with van der Waals surface area (Å²) < 4.78 is 26.8. The fourth-order valence-electron chi connectivity index (χ4n) is 3.79. The van der Waals surface area contributed by atoms with Crippen molar-refractivity contribution in [2.24, 2.45) is 0 Å². The Labute approximate surface area is 211 Å². The Bertz CT molecular complexity index is 1210. The Balaban J connectivity index is 0.000000264. The van der Waals surface area contributed by atoms with Crippen LogP contribution in [-0.2, 0) is 14.8 Å². The number of para-hydroxylation sites is 1. The van der Waals surface area contributed by atoms with Crippen LogP contribution in [0, 0.1) is 0 Å². The second-order valence-corrected chi connectivity index (χ2v) is 10.8. The maximum Gasteiger partial charge on any atom is 0.263 e. The first-order valence-corrected chi connectivity index (χ1v) is 13.7. The number of carbonyl (C=O) groups excluding carboxylic acids is 1. The summed E-state index contributed by atoms with van der Waals surface area (Å²) in [6, 6.07) is 14.3. The molecule has 2 aromatic carbocycles. The number of halogens is 1. The minimum atomic E-state index is -3.64. The van der Waals surface area contributed by atoms with Crippen molar-refractivity contribution in [2.75, 3.05) is 47.2 Å². The maximum atomic E-state index is 12.2. The van der Waals surface area contributed by atoms with Gasteiger partial charge < -0.3 is 15.1 Å². The highest BCUT2D eigenvalue weighted by Gasteiger charge is 2.22. The number of nitrogens with one attached hydrogen (secondary N) is 2. The van der Waals surface area contributed by atoms with Crippen LogP contribution in [0.15, 0.2) is 65.0 Å². The summed E-state index contributed by atoms with van der Waals surface area (Å²) in [6.45, 7) is 4.87. The molecular formula is C23H30ClN5O3S2. The van der Waals surface area contributed by atoms with E-state index in [1.165, 1.54) is 29.7 Å². The van der Waals surface area contributed by atoms with Crippen molar-refractivity contribution in [1.82, 2.24) is 10.3 Å². The third kappa shape index (κ3) is 6.06. The molecule has 2 saturated heterocycles. The largest absolute Gasteiger partial charge is 0.368 e. The van der Waals surface area contributed by atoms with E-state index in [1.807, 2.05) is 18.2 Å². The molecule has 3 aromatic rings. The zero-order chi connectivity index (χ0) is 24.0. The van der Waals surface area contributed by atoms with E-state index in [1.54, 1.807) is 22.4 Å². The molecule has 2 aliphatic heterocycles. The smallest absolute Gasteiger partial charge is 0.263 e. The topological polar surface area (TPSA) is 94.6 Å². The molecule has 0 radical (unpaired) electrons. The number of anilines is 3. The van der Waals surface area contributed by atoms with Gasteiger partial charge in [0.05, 0.1) is 15.6 Å². The molecule has 2 N–H and O–H groups in total. The van der Waals surface area contributed by atoms with Gasteiger partial charge in [-0.1, -0.05) is 23.7 Å². The molecule has 0 atom stereocenters. The van der Waals surface area contributed by atoms with Gasteiger partial charge in [-0.05, 0) is 42.8 Å². The number of piperazine rings is 1. The number of benzene rings is 2. The van der Waals surface area contributed by atoms with Gasteiger partial charge >= 0.3 is 0 Å². The van der Waals surface area contributed by atoms with E-state index >= 15 is 0 Å². The lowest BCUT2D eigenvalue weighted by molar-refractivity contribution is -0.117. The van der Waals surface area contributed by atoms with Crippen LogP contribution in [-0.4, -0.2) is 52.0 Å². The lowest BCUT2D eigenvalue weighted by Crippen LogP contribution is -2.43. The number of rotatable bonds is 5. The second-order valence-electron chi connectivity index (χ2n) is 7.77. The molecule has 0 aliphatic carbocycles. The third-order valence-corrected chi connectivity index (χ3v) is 7.99. The predicted octanol–water partition coefficient (Wildman–Crippen LogP) is 4.31. The van der Waals surface area contributed by atoms with Crippen LogP contribution in [0.3, 0.4) is 0 Å². The van der Waals surface area contributed by atoms with Crippen LogP contribution >= 0.6 is 22.9 Å². The zero-order valence-electron chi connectivity index (χ0n) is 18.5. The number of carbonyl (C=O) groups is 1. The molecule has 11 heteroatoms. The Morgan fingerprint density at radius 2 is 1.79 bits per heavy atom. The molecular weight excluding hydrogens is 494 g/mol. The molecule has 2 aliphatic rings. The monoisotopic (exact) mass is 523 g/mol. The van der Waals surface area contributed by atoms with Gasteiger partial charge in [-0.3, -0.25) is 9.52 Å². The van der Waals surface area contributed by atoms with Crippen molar-refractivity contribution >= 4 is 55.4 Å². The number of nitrogens with zero attached hydrogens (tertiary/aromatic N) is 3. The molecule has 184 valence electrons. The van der Waals surface area contributed by atoms with Crippen molar-refractivity contribution < 1.29 is 16.1 Å². The van der Waals surface area contributed by atoms with Crippen LogP contribution < -0.4 is 19.8 Å². The van der Waals surface area contributed by atoms with Crippen LogP contribution in [0.25, 0.3) is 0 Å². The minimum absolute atomic E-state index is 0. The summed E-state index contributed by atoms with van der Waals surface area (Å²) in [5.41, 5.74) is 1.89. The Morgan fingerprint density at radius 3 is 2.41 bits per heavy atom. The fraction of sp³-hybridized carbons (Fsp3) is 0.304. The molecule has 3 heterocycles. The number of sulfonamides is 1. The molecule has 2 fully saturated rings. The Hall–Kier alpha value is -2.66. The van der Waals surface area contributed by atoms with E-state index in [9.17, 15) is 13.2 Å². The first-order valence-electron chi connectivity index (χ1n) is 11.0. The van der Waals surface area contributed by atoms with Gasteiger partial charge in [-0.2, -0.15) is 0 Å². The normalized spacial score (nSPS) is 16.2. The van der Waals surface area contributed by atoms with Gasteiger partial charge in [0, 0.05) is 59.3 Å². The van der Waals surface area contributed by atoms with E-state index in [4.69, 9.17) is 11.6 Å². The highest BCUT2D eigenvalue weighted by molar-refractivity contribution is 7.93. The van der Waals surface area contributed by atoms with E-state index in [0.29, 0.717) is 18.1 Å². The van der Waals surface area contributed by atoms with Crippen molar-refractivity contribution in [3.05, 3.63) is 65.1 Å². The van der Waals surface area contributed by atoms with Crippen LogP contribution in [0.2, 0.25) is 5.02 Å². The molecule has 0 bridgehead atoms. The van der Waals surface area contributed by atoms with Crippen LogP contribution in [0.1, 0.15) is 15.7 Å². The van der Waals surface area contributed by atoms with Crippen molar-refractivity contribution in [3.63, 3.8) is 0 Å². The quantitative estimate of drug-likeness (QED) is 0.517. The second kappa shape index (κ2) is 11.2. The van der Waals surface area contributed by atoms with E-state index < -0.39 is 10.0 Å². The first kappa shape index (κ1) is 24.5. The number of aromatic nitrogens is 1. The summed E-state index contributed by atoms with van der Waals surface area (Å²) in [5, 5.41) is 6.19. The predicted molar refractivity (Wildman–Crippen MR) is 142 cm³/mol. The number of thiazole rings is 1. The van der Waals surface area contributed by atoms with Gasteiger partial charge in [0.2, 0.25) is 5.91 Å². The molecule has 0 unspecified atom stereocenters. The van der Waals surface area contributed by atoms with E-state index in [-0.39, 0.29) is 13.7 Å². The summed E-state index contributed by atoms with van der Waals surface area (Å²) in [5.74, 6) is 0.0755. The average molecular weight is 524 g/mol. The molecule has 0 saturated carbocycles. The number of amides is 1. The average Bonchev–Trinajstić information content (AvgIpc) is 3.52. The Morgan fingerprint density at radius 1 is 1.06 bits per heavy atom. The maximum absolute atomic E-state index is 12.2. The Kier molecular flexibility index (Phi) is 8.04. The van der Waals surface area contributed by atoms with Gasteiger partial charge in [-0.25, -0.2) is 13.4 Å².